The van der Waals surface area contributed by atoms with Gasteiger partial charge in [-0.1, -0.05) is 18.6 Å². The van der Waals surface area contributed by atoms with Gasteiger partial charge in [-0.25, -0.2) is 9.78 Å². The monoisotopic (exact) mass is 406 g/mol. The van der Waals surface area contributed by atoms with Crippen LogP contribution in [0.5, 0.6) is 5.75 Å². The maximum atomic E-state index is 12.2. The van der Waals surface area contributed by atoms with Gasteiger partial charge in [0.2, 0.25) is 0 Å². The van der Waals surface area contributed by atoms with Gasteiger partial charge in [-0.05, 0) is 49.2 Å². The van der Waals surface area contributed by atoms with Gasteiger partial charge in [-0.15, -0.1) is 11.3 Å². The molecule has 1 aliphatic heterocycles. The summed E-state index contributed by atoms with van der Waals surface area (Å²) in [4.78, 5) is 19.5. The van der Waals surface area contributed by atoms with E-state index in [4.69, 9.17) is 14.1 Å². The van der Waals surface area contributed by atoms with Crippen molar-refractivity contribution in [3.05, 3.63) is 69.5 Å². The third-order valence-electron chi connectivity index (χ3n) is 5.62. The molecule has 0 amide bonds. The summed E-state index contributed by atoms with van der Waals surface area (Å²) in [5.41, 5.74) is 2.30. The molecule has 1 atom stereocenters. The average Bonchev–Trinajstić information content (AvgIpc) is 3.17. The van der Waals surface area contributed by atoms with Crippen molar-refractivity contribution in [2.45, 2.75) is 31.8 Å². The Labute approximate surface area is 172 Å². The van der Waals surface area contributed by atoms with Gasteiger partial charge in [-0.2, -0.15) is 0 Å². The van der Waals surface area contributed by atoms with Gasteiger partial charge in [0, 0.05) is 24.1 Å². The maximum Gasteiger partial charge on any atom is 0.336 e. The van der Waals surface area contributed by atoms with Crippen LogP contribution in [0.4, 0.5) is 0 Å². The minimum Gasteiger partial charge on any atom is -0.497 e. The number of rotatable bonds is 4. The Bertz CT molecular complexity index is 1200. The molecule has 29 heavy (non-hydrogen) atoms. The van der Waals surface area contributed by atoms with Crippen LogP contribution in [0.3, 0.4) is 0 Å². The molecular formula is C23H22N2O3S. The highest BCUT2D eigenvalue weighted by atomic mass is 32.1. The molecule has 0 bridgehead atoms. The minimum atomic E-state index is -0.325. The molecule has 0 aliphatic carbocycles. The molecule has 5 nitrogen and oxygen atoms in total. The van der Waals surface area contributed by atoms with E-state index >= 15 is 0 Å². The first kappa shape index (κ1) is 18.3. The number of hydrogen-bond donors (Lipinski definition) is 0. The van der Waals surface area contributed by atoms with Gasteiger partial charge in [-0.3, -0.25) is 4.90 Å². The Kier molecular flexibility index (Phi) is 4.81. The number of hydrogen-bond acceptors (Lipinski definition) is 6. The highest BCUT2D eigenvalue weighted by Crippen LogP contribution is 2.37. The lowest BCUT2D eigenvalue weighted by Gasteiger charge is -2.34. The second-order valence-corrected chi connectivity index (χ2v) is 8.52. The number of thiazole rings is 1. The average molecular weight is 407 g/mol. The van der Waals surface area contributed by atoms with E-state index in [1.165, 1.54) is 16.1 Å². The molecule has 1 aliphatic rings. The second-order valence-electron chi connectivity index (χ2n) is 7.45. The lowest BCUT2D eigenvalue weighted by molar-refractivity contribution is 0.140. The normalized spacial score (nSPS) is 17.8. The molecule has 0 saturated carbocycles. The van der Waals surface area contributed by atoms with E-state index in [0.29, 0.717) is 17.9 Å². The van der Waals surface area contributed by atoms with Gasteiger partial charge in [0.05, 0.1) is 23.4 Å². The summed E-state index contributed by atoms with van der Waals surface area (Å²) in [6.45, 7) is 1.70. The van der Waals surface area contributed by atoms with Crippen molar-refractivity contribution in [3.63, 3.8) is 0 Å². The number of likely N-dealkylation sites (tertiary alicyclic amines) is 1. The van der Waals surface area contributed by atoms with Crippen LogP contribution in [0.1, 0.15) is 35.9 Å². The van der Waals surface area contributed by atoms with Gasteiger partial charge in [0.1, 0.15) is 16.3 Å². The van der Waals surface area contributed by atoms with Crippen LogP contribution < -0.4 is 10.4 Å². The van der Waals surface area contributed by atoms with Crippen LogP contribution in [-0.2, 0) is 6.54 Å². The molecule has 0 radical (unpaired) electrons. The molecule has 6 heteroatoms. The van der Waals surface area contributed by atoms with Crippen LogP contribution >= 0.6 is 11.3 Å². The van der Waals surface area contributed by atoms with Crippen molar-refractivity contribution in [1.29, 1.82) is 0 Å². The lowest BCUT2D eigenvalue weighted by Crippen LogP contribution is -2.33. The Hall–Kier alpha value is -2.70. The first-order valence-electron chi connectivity index (χ1n) is 9.91. The number of nitrogens with zero attached hydrogens (tertiary/aromatic N) is 2. The first-order valence-corrected chi connectivity index (χ1v) is 10.7. The van der Waals surface area contributed by atoms with Crippen molar-refractivity contribution in [3.8, 4) is 5.75 Å². The van der Waals surface area contributed by atoms with E-state index in [-0.39, 0.29) is 11.7 Å². The number of aromatic nitrogens is 1. The summed E-state index contributed by atoms with van der Waals surface area (Å²) in [5.74, 6) is 0.683. The zero-order valence-corrected chi connectivity index (χ0v) is 17.1. The van der Waals surface area contributed by atoms with Gasteiger partial charge < -0.3 is 9.15 Å². The Morgan fingerprint density at radius 3 is 2.97 bits per heavy atom. The predicted molar refractivity (Wildman–Crippen MR) is 116 cm³/mol. The summed E-state index contributed by atoms with van der Waals surface area (Å²) in [6, 6.07) is 15.9. The maximum absolute atomic E-state index is 12.2. The molecule has 3 heterocycles. The number of piperidine rings is 1. The summed E-state index contributed by atoms with van der Waals surface area (Å²) in [7, 11) is 1.61. The molecule has 2 aromatic heterocycles. The largest absolute Gasteiger partial charge is 0.497 e. The van der Waals surface area contributed by atoms with Gasteiger partial charge in [0.15, 0.2) is 0 Å². The zero-order chi connectivity index (χ0) is 19.8. The third kappa shape index (κ3) is 3.54. The number of benzene rings is 2. The number of ether oxygens (including phenoxy) is 1. The zero-order valence-electron chi connectivity index (χ0n) is 16.3. The summed E-state index contributed by atoms with van der Waals surface area (Å²) in [6.07, 6.45) is 3.45. The van der Waals surface area contributed by atoms with Crippen molar-refractivity contribution in [1.82, 2.24) is 9.88 Å². The molecule has 5 rings (SSSR count). The fraction of sp³-hybridized carbons (Fsp3) is 0.304. The second kappa shape index (κ2) is 7.61. The smallest absolute Gasteiger partial charge is 0.336 e. The van der Waals surface area contributed by atoms with Crippen molar-refractivity contribution < 1.29 is 9.15 Å². The van der Waals surface area contributed by atoms with Crippen LogP contribution in [0, 0.1) is 0 Å². The van der Waals surface area contributed by atoms with Gasteiger partial charge >= 0.3 is 5.63 Å². The standard InChI is InChI=1S/C23H22N2O3S/c1-27-16-9-10-17-15(12-22(26)28-20(17)13-16)14-25-11-5-4-7-19(25)23-24-18-6-2-3-8-21(18)29-23/h2-3,6,8-10,12-13,19H,4-5,7,11,14H2,1H3/t19-/m1/s1. The number of para-hydroxylation sites is 1. The molecular weight excluding hydrogens is 384 g/mol. The fourth-order valence-electron chi connectivity index (χ4n) is 4.18. The summed E-state index contributed by atoms with van der Waals surface area (Å²) < 4.78 is 11.9. The van der Waals surface area contributed by atoms with E-state index < -0.39 is 0 Å². The SMILES string of the molecule is COc1ccc2c(CN3CCCC[C@@H]3c3nc4ccccc4s3)cc(=O)oc2c1. The third-order valence-corrected chi connectivity index (χ3v) is 6.76. The predicted octanol–water partition coefficient (Wildman–Crippen LogP) is 5.14. The van der Waals surface area contributed by atoms with Crippen LogP contribution in [-0.4, -0.2) is 23.5 Å². The van der Waals surface area contributed by atoms with Crippen LogP contribution in [0.15, 0.2) is 57.7 Å². The van der Waals surface area contributed by atoms with Gasteiger partial charge in [0.25, 0.3) is 0 Å². The summed E-state index contributed by atoms with van der Waals surface area (Å²) in [5, 5.41) is 2.12. The number of methoxy groups -OCH3 is 1. The molecule has 1 fully saturated rings. The van der Waals surface area contributed by atoms with Crippen LogP contribution in [0.25, 0.3) is 21.2 Å². The number of fused-ring (bicyclic) bond motifs is 2. The molecule has 0 N–H and O–H groups in total. The quantitative estimate of drug-likeness (QED) is 0.439. The van der Waals surface area contributed by atoms with E-state index in [1.54, 1.807) is 30.6 Å². The van der Waals surface area contributed by atoms with E-state index in [9.17, 15) is 4.79 Å². The highest BCUT2D eigenvalue weighted by molar-refractivity contribution is 7.18. The molecule has 0 spiro atoms. The molecule has 2 aromatic carbocycles. The van der Waals surface area contributed by atoms with E-state index in [0.717, 1.165) is 35.9 Å². The van der Waals surface area contributed by atoms with Crippen LogP contribution in [0.2, 0.25) is 0 Å². The summed E-state index contributed by atoms with van der Waals surface area (Å²) >= 11 is 1.78. The first-order chi connectivity index (χ1) is 14.2. The highest BCUT2D eigenvalue weighted by Gasteiger charge is 2.27. The molecule has 148 valence electrons. The van der Waals surface area contributed by atoms with Crippen molar-refractivity contribution >= 4 is 32.5 Å². The fourth-order valence-corrected chi connectivity index (χ4v) is 5.32. The van der Waals surface area contributed by atoms with E-state index in [1.807, 2.05) is 18.2 Å². The lowest BCUT2D eigenvalue weighted by atomic mass is 10.0. The molecule has 4 aromatic rings. The Morgan fingerprint density at radius 2 is 2.10 bits per heavy atom. The molecule has 1 saturated heterocycles. The Balaban J connectivity index is 1.51. The van der Waals surface area contributed by atoms with E-state index in [2.05, 4.69) is 23.1 Å². The van der Waals surface area contributed by atoms with Crippen molar-refractivity contribution in [2.24, 2.45) is 0 Å². The Morgan fingerprint density at radius 1 is 1.21 bits per heavy atom. The topological polar surface area (TPSA) is 55.6 Å². The minimum absolute atomic E-state index is 0.279. The molecule has 0 unspecified atom stereocenters. The van der Waals surface area contributed by atoms with Crippen molar-refractivity contribution in [2.75, 3.05) is 13.7 Å².